The zero-order chi connectivity index (χ0) is 33.4. The van der Waals surface area contributed by atoms with Crippen molar-refractivity contribution in [2.75, 3.05) is 11.5 Å². The standard InChI is InChI=1S/C16H19ClN4O2.C9H10ClNO2.C7H11N3O.CH4/c17-14-7-10-9(2-1-3-12(10)19-14)16(23)21-15(18)11-6-8(22)4-5-13(11)20-21;10-8-4-6-5(9(12)13)2-1-3-7(6)11-8;8-7-5-3-4(11)1-2-6(5)9-10-7;/h7-9,19,22H,1-6,18H2;4-5,11H,1-3H2,(H,12,13);4,11H,1-3H2,(H3,8,9,10);1H4/t8-,9?;;4-;/m1.1./s1. The van der Waals surface area contributed by atoms with E-state index in [9.17, 15) is 19.8 Å². The number of carbonyl (C=O) groups excluding carboxylic acids is 1. The Kier molecular flexibility index (Phi) is 10.9. The fourth-order valence-corrected chi connectivity index (χ4v) is 7.63. The highest BCUT2D eigenvalue weighted by Crippen LogP contribution is 2.36. The predicted molar refractivity (Wildman–Crippen MR) is 184 cm³/mol. The third-order valence-corrected chi connectivity index (χ3v) is 10.0. The van der Waals surface area contributed by atoms with Crippen LogP contribution in [0.15, 0.2) is 12.1 Å². The molecule has 0 saturated heterocycles. The van der Waals surface area contributed by atoms with Crippen LogP contribution in [-0.2, 0) is 43.3 Å². The normalized spacial score (nSPS) is 22.2. The summed E-state index contributed by atoms with van der Waals surface area (Å²) in [6.07, 6.45) is 8.64. The van der Waals surface area contributed by atoms with Gasteiger partial charge in [0.2, 0.25) is 0 Å². The molecule has 0 aromatic carbocycles. The van der Waals surface area contributed by atoms with Gasteiger partial charge in [-0.25, -0.2) is 0 Å². The van der Waals surface area contributed by atoms with Crippen LogP contribution in [-0.4, -0.2) is 69.3 Å². The molecule has 2 unspecified atom stereocenters. The van der Waals surface area contributed by atoms with Crippen LogP contribution < -0.4 is 11.5 Å². The van der Waals surface area contributed by atoms with Crippen LogP contribution in [0.1, 0.15) is 108 Å². The maximum atomic E-state index is 13.0. The minimum Gasteiger partial charge on any atom is -0.481 e. The molecule has 8 rings (SSSR count). The molecule has 4 aromatic rings. The van der Waals surface area contributed by atoms with Crippen LogP contribution >= 0.6 is 23.2 Å². The lowest BCUT2D eigenvalue weighted by Gasteiger charge is -2.21. The van der Waals surface area contributed by atoms with E-state index in [-0.39, 0.29) is 31.3 Å². The molecule has 4 heterocycles. The van der Waals surface area contributed by atoms with E-state index < -0.39 is 12.1 Å². The Morgan fingerprint density at radius 1 is 0.812 bits per heavy atom. The number of nitrogens with two attached hydrogens (primary N) is 2. The van der Waals surface area contributed by atoms with Crippen molar-refractivity contribution in [3.8, 4) is 0 Å². The number of rotatable bonds is 2. The highest BCUT2D eigenvalue weighted by atomic mass is 35.5. The largest absolute Gasteiger partial charge is 0.481 e. The predicted octanol–water partition coefficient (Wildman–Crippen LogP) is 4.71. The Morgan fingerprint density at radius 2 is 1.38 bits per heavy atom. The average Bonchev–Trinajstić information content (AvgIpc) is 3.80. The number of fused-ring (bicyclic) bond motifs is 4. The summed E-state index contributed by atoms with van der Waals surface area (Å²) in [5.41, 5.74) is 19.3. The maximum absolute atomic E-state index is 13.0. The van der Waals surface area contributed by atoms with Gasteiger partial charge in [-0.1, -0.05) is 30.6 Å². The molecule has 0 radical (unpaired) electrons. The Bertz CT molecular complexity index is 1770. The van der Waals surface area contributed by atoms with Gasteiger partial charge >= 0.3 is 5.97 Å². The monoisotopic (exact) mass is 702 g/mol. The topological polar surface area (TPSA) is 225 Å². The third kappa shape index (κ3) is 7.29. The average molecular weight is 704 g/mol. The molecule has 13 nitrogen and oxygen atoms in total. The summed E-state index contributed by atoms with van der Waals surface area (Å²) in [4.78, 5) is 30.0. The van der Waals surface area contributed by atoms with Gasteiger partial charge in [0.1, 0.15) is 21.9 Å². The summed E-state index contributed by atoms with van der Waals surface area (Å²) in [6, 6.07) is 3.57. The number of aromatic amines is 3. The molecule has 48 heavy (non-hydrogen) atoms. The van der Waals surface area contributed by atoms with Crippen molar-refractivity contribution in [3.05, 3.63) is 67.5 Å². The first-order valence-corrected chi connectivity index (χ1v) is 16.8. The van der Waals surface area contributed by atoms with E-state index in [2.05, 4.69) is 25.3 Å². The summed E-state index contributed by atoms with van der Waals surface area (Å²) in [5.74, 6) is -0.584. The molecule has 0 spiro atoms. The molecule has 0 amide bonds. The number of H-pyrrole nitrogens is 3. The molecule has 0 bridgehead atoms. The van der Waals surface area contributed by atoms with Crippen LogP contribution in [0, 0.1) is 0 Å². The van der Waals surface area contributed by atoms with E-state index in [4.69, 9.17) is 39.8 Å². The molecular formula is C33H44Cl2N8O5. The van der Waals surface area contributed by atoms with E-state index in [1.165, 1.54) is 4.68 Å². The van der Waals surface area contributed by atoms with Gasteiger partial charge in [-0.2, -0.15) is 14.9 Å². The number of hydrogen-bond donors (Lipinski definition) is 8. The highest BCUT2D eigenvalue weighted by Gasteiger charge is 2.33. The van der Waals surface area contributed by atoms with Gasteiger partial charge in [-0.15, -0.1) is 0 Å². The lowest BCUT2D eigenvalue weighted by molar-refractivity contribution is -0.139. The van der Waals surface area contributed by atoms with Crippen molar-refractivity contribution in [1.29, 1.82) is 0 Å². The fraction of sp³-hybridized carbons (Fsp3) is 0.515. The molecule has 15 heteroatoms. The maximum Gasteiger partial charge on any atom is 0.311 e. The van der Waals surface area contributed by atoms with Gasteiger partial charge in [0.15, 0.2) is 0 Å². The number of aliphatic carboxylic acids is 1. The number of carboxylic acids is 1. The smallest absolute Gasteiger partial charge is 0.311 e. The second-order valence-electron chi connectivity index (χ2n) is 12.7. The molecule has 260 valence electrons. The number of halogens is 2. The molecule has 10 N–H and O–H groups in total. The summed E-state index contributed by atoms with van der Waals surface area (Å²) < 4.78 is 1.34. The Hall–Kier alpha value is -3.78. The van der Waals surface area contributed by atoms with Gasteiger partial charge < -0.3 is 36.8 Å². The Morgan fingerprint density at radius 3 is 2.00 bits per heavy atom. The zero-order valence-corrected chi connectivity index (χ0v) is 27.4. The van der Waals surface area contributed by atoms with E-state index in [1.807, 2.05) is 6.07 Å². The minimum atomic E-state index is -0.753. The molecule has 0 aliphatic heterocycles. The number of nitrogen functional groups attached to an aromatic ring is 2. The number of nitrogens with zero attached hydrogens (tertiary/aromatic N) is 3. The number of carboxylic acid groups (broad SMARTS) is 1. The van der Waals surface area contributed by atoms with Crippen LogP contribution in [0.5, 0.6) is 0 Å². The molecule has 4 aliphatic carbocycles. The van der Waals surface area contributed by atoms with Gasteiger partial charge in [0.05, 0.1) is 29.7 Å². The van der Waals surface area contributed by atoms with Crippen LogP contribution in [0.2, 0.25) is 10.3 Å². The highest BCUT2D eigenvalue weighted by molar-refractivity contribution is 6.30. The summed E-state index contributed by atoms with van der Waals surface area (Å²) >= 11 is 11.8. The fourth-order valence-electron chi connectivity index (χ4n) is 7.17. The number of aromatic nitrogens is 6. The van der Waals surface area contributed by atoms with E-state index >= 15 is 0 Å². The van der Waals surface area contributed by atoms with Crippen LogP contribution in [0.4, 0.5) is 11.6 Å². The number of aliphatic hydroxyl groups excluding tert-OH is 2. The number of carbonyl (C=O) groups is 2. The van der Waals surface area contributed by atoms with Crippen molar-refractivity contribution < 1.29 is 24.9 Å². The second kappa shape index (κ2) is 14.8. The zero-order valence-electron chi connectivity index (χ0n) is 25.9. The number of aliphatic hydroxyl groups is 2. The summed E-state index contributed by atoms with van der Waals surface area (Å²) in [7, 11) is 0. The summed E-state index contributed by atoms with van der Waals surface area (Å²) in [6.45, 7) is 0. The first-order chi connectivity index (χ1) is 22.5. The third-order valence-electron chi connectivity index (χ3n) is 9.61. The second-order valence-corrected chi connectivity index (χ2v) is 13.6. The molecule has 4 aromatic heterocycles. The Balaban J connectivity index is 0.000000153. The number of nitrogens with one attached hydrogen (secondary N) is 3. The molecule has 4 atom stereocenters. The summed E-state index contributed by atoms with van der Waals surface area (Å²) in [5, 5.41) is 40.3. The van der Waals surface area contributed by atoms with Gasteiger partial charge in [0.25, 0.3) is 5.91 Å². The van der Waals surface area contributed by atoms with E-state index in [0.717, 1.165) is 96.4 Å². The van der Waals surface area contributed by atoms with Gasteiger partial charge in [-0.05, 0) is 87.5 Å². The van der Waals surface area contributed by atoms with Gasteiger partial charge in [0, 0.05) is 41.1 Å². The number of hydrogen-bond acceptors (Lipinski definition) is 8. The lowest BCUT2D eigenvalue weighted by atomic mass is 9.86. The first-order valence-electron chi connectivity index (χ1n) is 16.1. The van der Waals surface area contributed by atoms with E-state index in [0.29, 0.717) is 47.6 Å². The van der Waals surface area contributed by atoms with Crippen molar-refractivity contribution >= 4 is 46.7 Å². The van der Waals surface area contributed by atoms with E-state index in [1.54, 1.807) is 6.07 Å². The number of aryl methyl sites for hydroxylation is 4. The quantitative estimate of drug-likeness (QED) is 0.145. The molecule has 0 fully saturated rings. The number of anilines is 2. The van der Waals surface area contributed by atoms with Crippen LogP contribution in [0.25, 0.3) is 0 Å². The Labute approximate surface area is 288 Å². The van der Waals surface area contributed by atoms with Crippen molar-refractivity contribution in [2.45, 2.75) is 109 Å². The molecular weight excluding hydrogens is 659 g/mol. The van der Waals surface area contributed by atoms with Crippen molar-refractivity contribution in [2.24, 2.45) is 0 Å². The first kappa shape index (κ1) is 35.5. The molecule has 0 saturated carbocycles. The molecule has 4 aliphatic rings. The van der Waals surface area contributed by atoms with Gasteiger partial charge in [-0.3, -0.25) is 14.7 Å². The van der Waals surface area contributed by atoms with Crippen molar-refractivity contribution in [1.82, 2.24) is 29.9 Å². The lowest BCUT2D eigenvalue weighted by Crippen LogP contribution is -2.25. The SMILES string of the molecule is C.Nc1c2c(nn1C(=O)C1CCCc3[nH]c(Cl)cc31)CC[C@@H](O)C2.Nc1n[nH]c2c1C[C@H](O)CC2.O=C(O)C1CCCc2[nH]c(Cl)cc21. The van der Waals surface area contributed by atoms with Crippen molar-refractivity contribution in [3.63, 3.8) is 0 Å². The van der Waals surface area contributed by atoms with Crippen LogP contribution in [0.3, 0.4) is 0 Å². The minimum absolute atomic E-state index is 0.